The number of hydrogen-bond acceptors (Lipinski definition) is 3. The maximum absolute atomic E-state index is 5.88. The van der Waals surface area contributed by atoms with E-state index in [0.29, 0.717) is 5.41 Å². The zero-order valence-electron chi connectivity index (χ0n) is 14.5. The lowest BCUT2D eigenvalue weighted by Gasteiger charge is -2.18. The van der Waals surface area contributed by atoms with Crippen LogP contribution in [0.15, 0.2) is 12.1 Å². The summed E-state index contributed by atoms with van der Waals surface area (Å²) in [5.74, 6) is 0.776. The number of hydrogen-bond donors (Lipinski definition) is 1. The molecule has 0 unspecified atom stereocenters. The average Bonchev–Trinajstić information content (AvgIpc) is 2.38. The van der Waals surface area contributed by atoms with Gasteiger partial charge in [0.1, 0.15) is 0 Å². The van der Waals surface area contributed by atoms with E-state index in [9.17, 15) is 0 Å². The van der Waals surface area contributed by atoms with Gasteiger partial charge in [-0.25, -0.2) is 4.98 Å². The number of rotatable bonds is 9. The van der Waals surface area contributed by atoms with Gasteiger partial charge in [0.2, 0.25) is 5.88 Å². The Morgan fingerprint density at radius 3 is 2.52 bits per heavy atom. The number of ether oxygens (including phenoxy) is 1. The first-order valence-electron chi connectivity index (χ1n) is 8.28. The molecule has 0 saturated carbocycles. The minimum Gasteiger partial charge on any atom is -0.478 e. The normalized spacial score (nSPS) is 11.7. The molecule has 1 rings (SSSR count). The number of nitrogens with one attached hydrogen (secondary N) is 1. The molecule has 0 aliphatic rings. The molecule has 0 spiro atoms. The summed E-state index contributed by atoms with van der Waals surface area (Å²) >= 11 is 0. The first kappa shape index (κ1) is 18.0. The maximum atomic E-state index is 5.88. The van der Waals surface area contributed by atoms with E-state index in [1.54, 1.807) is 0 Å². The molecule has 0 aliphatic carbocycles. The highest BCUT2D eigenvalue weighted by molar-refractivity contribution is 5.25. The second-order valence-electron chi connectivity index (χ2n) is 6.89. The molecular weight excluding hydrogens is 260 g/mol. The van der Waals surface area contributed by atoms with Gasteiger partial charge in [0, 0.05) is 18.3 Å². The van der Waals surface area contributed by atoms with E-state index in [2.05, 4.69) is 57.1 Å². The number of aromatic nitrogens is 1. The van der Waals surface area contributed by atoms with Crippen molar-refractivity contribution in [1.29, 1.82) is 0 Å². The molecule has 1 aromatic heterocycles. The SMILES string of the molecule is CCCNCc1cc(CCC)nc(OCCC(C)(C)C)c1. The van der Waals surface area contributed by atoms with Crippen LogP contribution in [0.5, 0.6) is 5.88 Å². The lowest BCUT2D eigenvalue weighted by molar-refractivity contribution is 0.235. The topological polar surface area (TPSA) is 34.2 Å². The van der Waals surface area contributed by atoms with Gasteiger partial charge in [-0.3, -0.25) is 0 Å². The van der Waals surface area contributed by atoms with Crippen LogP contribution in [-0.4, -0.2) is 18.1 Å². The van der Waals surface area contributed by atoms with Gasteiger partial charge in [0.05, 0.1) is 6.61 Å². The molecule has 3 heteroatoms. The summed E-state index contributed by atoms with van der Waals surface area (Å²) in [6.45, 7) is 13.7. The maximum Gasteiger partial charge on any atom is 0.213 e. The lowest BCUT2D eigenvalue weighted by Crippen LogP contribution is -2.15. The summed E-state index contributed by atoms with van der Waals surface area (Å²) in [7, 11) is 0. The van der Waals surface area contributed by atoms with Gasteiger partial charge < -0.3 is 10.1 Å². The zero-order chi connectivity index (χ0) is 15.7. The molecule has 3 nitrogen and oxygen atoms in total. The summed E-state index contributed by atoms with van der Waals surface area (Å²) in [6, 6.07) is 4.27. The Kier molecular flexibility index (Phi) is 7.73. The van der Waals surface area contributed by atoms with Gasteiger partial charge in [-0.15, -0.1) is 0 Å². The zero-order valence-corrected chi connectivity index (χ0v) is 14.5. The van der Waals surface area contributed by atoms with E-state index in [1.807, 2.05) is 0 Å². The van der Waals surface area contributed by atoms with Crippen molar-refractivity contribution in [1.82, 2.24) is 10.3 Å². The molecule has 21 heavy (non-hydrogen) atoms. The Labute approximate surface area is 130 Å². The molecule has 0 bridgehead atoms. The Morgan fingerprint density at radius 1 is 1.14 bits per heavy atom. The van der Waals surface area contributed by atoms with Gasteiger partial charge in [-0.05, 0) is 42.9 Å². The second kappa shape index (κ2) is 9.04. The van der Waals surface area contributed by atoms with E-state index in [1.165, 1.54) is 5.56 Å². The standard InChI is InChI=1S/C18H32N2O/c1-6-8-16-12-15(14-19-10-7-2)13-17(20-16)21-11-9-18(3,4)5/h12-13,19H,6-11,14H2,1-5H3. The van der Waals surface area contributed by atoms with Crippen molar-refractivity contribution in [2.45, 2.75) is 66.8 Å². The summed E-state index contributed by atoms with van der Waals surface area (Å²) in [4.78, 5) is 4.62. The summed E-state index contributed by atoms with van der Waals surface area (Å²) in [6.07, 6.45) is 4.31. The van der Waals surface area contributed by atoms with Crippen LogP contribution in [0.1, 0.15) is 65.1 Å². The van der Waals surface area contributed by atoms with Crippen molar-refractivity contribution in [2.75, 3.05) is 13.2 Å². The number of aryl methyl sites for hydroxylation is 1. The summed E-state index contributed by atoms with van der Waals surface area (Å²) in [5, 5.41) is 3.44. The third kappa shape index (κ3) is 8.05. The number of nitrogens with zero attached hydrogens (tertiary/aromatic N) is 1. The Hall–Kier alpha value is -1.09. The highest BCUT2D eigenvalue weighted by atomic mass is 16.5. The molecule has 0 amide bonds. The van der Waals surface area contributed by atoms with E-state index < -0.39 is 0 Å². The smallest absolute Gasteiger partial charge is 0.213 e. The van der Waals surface area contributed by atoms with Crippen LogP contribution >= 0.6 is 0 Å². The molecular formula is C18H32N2O. The van der Waals surface area contributed by atoms with Crippen molar-refractivity contribution < 1.29 is 4.74 Å². The molecule has 1 aromatic rings. The van der Waals surface area contributed by atoms with Gasteiger partial charge in [-0.1, -0.05) is 41.0 Å². The quantitative estimate of drug-likeness (QED) is 0.687. The molecule has 0 saturated heterocycles. The van der Waals surface area contributed by atoms with Crippen LogP contribution in [0.25, 0.3) is 0 Å². The molecule has 0 aliphatic heterocycles. The van der Waals surface area contributed by atoms with Gasteiger partial charge in [0.25, 0.3) is 0 Å². The lowest BCUT2D eigenvalue weighted by atomic mass is 9.93. The fourth-order valence-electron chi connectivity index (χ4n) is 2.05. The van der Waals surface area contributed by atoms with Crippen molar-refractivity contribution >= 4 is 0 Å². The molecule has 120 valence electrons. The van der Waals surface area contributed by atoms with Crippen LogP contribution in [0.3, 0.4) is 0 Å². The molecule has 0 aromatic carbocycles. The highest BCUT2D eigenvalue weighted by Gasteiger charge is 2.11. The predicted octanol–water partition coefficient (Wildman–Crippen LogP) is 4.35. The minimum absolute atomic E-state index is 0.298. The highest BCUT2D eigenvalue weighted by Crippen LogP contribution is 2.20. The molecule has 0 atom stereocenters. The van der Waals surface area contributed by atoms with Crippen LogP contribution in [0.2, 0.25) is 0 Å². The van der Waals surface area contributed by atoms with Crippen molar-refractivity contribution in [3.63, 3.8) is 0 Å². The minimum atomic E-state index is 0.298. The van der Waals surface area contributed by atoms with Gasteiger partial charge >= 0.3 is 0 Å². The molecule has 1 heterocycles. The van der Waals surface area contributed by atoms with Crippen LogP contribution in [-0.2, 0) is 13.0 Å². The fourth-order valence-corrected chi connectivity index (χ4v) is 2.05. The number of pyridine rings is 1. The Bertz CT molecular complexity index is 410. The summed E-state index contributed by atoms with van der Waals surface area (Å²) < 4.78 is 5.88. The molecule has 0 radical (unpaired) electrons. The van der Waals surface area contributed by atoms with E-state index in [-0.39, 0.29) is 0 Å². The van der Waals surface area contributed by atoms with Crippen molar-refractivity contribution in [3.05, 3.63) is 23.4 Å². The third-order valence-electron chi connectivity index (χ3n) is 3.28. The van der Waals surface area contributed by atoms with E-state index in [0.717, 1.165) is 57.0 Å². The monoisotopic (exact) mass is 292 g/mol. The van der Waals surface area contributed by atoms with Crippen LogP contribution in [0, 0.1) is 5.41 Å². The van der Waals surface area contributed by atoms with Crippen molar-refractivity contribution in [2.24, 2.45) is 5.41 Å². The van der Waals surface area contributed by atoms with Gasteiger partial charge in [0.15, 0.2) is 0 Å². The largest absolute Gasteiger partial charge is 0.478 e. The Morgan fingerprint density at radius 2 is 1.90 bits per heavy atom. The van der Waals surface area contributed by atoms with Crippen LogP contribution < -0.4 is 10.1 Å². The van der Waals surface area contributed by atoms with Crippen molar-refractivity contribution in [3.8, 4) is 5.88 Å². The molecule has 1 N–H and O–H groups in total. The average molecular weight is 292 g/mol. The summed E-state index contributed by atoms with van der Waals surface area (Å²) in [5.41, 5.74) is 2.71. The Balaban J connectivity index is 2.67. The predicted molar refractivity (Wildman–Crippen MR) is 89.8 cm³/mol. The van der Waals surface area contributed by atoms with E-state index in [4.69, 9.17) is 4.74 Å². The first-order chi connectivity index (χ1) is 9.94. The van der Waals surface area contributed by atoms with E-state index >= 15 is 0 Å². The molecule has 0 fully saturated rings. The fraction of sp³-hybridized carbons (Fsp3) is 0.722. The van der Waals surface area contributed by atoms with Crippen LogP contribution in [0.4, 0.5) is 0 Å². The van der Waals surface area contributed by atoms with Gasteiger partial charge in [-0.2, -0.15) is 0 Å². The first-order valence-corrected chi connectivity index (χ1v) is 8.28. The third-order valence-corrected chi connectivity index (χ3v) is 3.28. The second-order valence-corrected chi connectivity index (χ2v) is 6.89.